The predicted octanol–water partition coefficient (Wildman–Crippen LogP) is 3.70. The molecule has 3 rings (SSSR count). The third-order valence-electron chi connectivity index (χ3n) is 3.89. The number of amides is 1. The number of ether oxygens (including phenoxy) is 1. The first-order valence-electron chi connectivity index (χ1n) is 7.68. The summed E-state index contributed by atoms with van der Waals surface area (Å²) in [6.07, 6.45) is 1.27. The lowest BCUT2D eigenvalue weighted by Gasteiger charge is -2.36. The van der Waals surface area contributed by atoms with Gasteiger partial charge in [-0.15, -0.1) is 0 Å². The van der Waals surface area contributed by atoms with Gasteiger partial charge in [0, 0.05) is 17.8 Å². The van der Waals surface area contributed by atoms with E-state index < -0.39 is 0 Å². The Morgan fingerprint density at radius 2 is 1.74 bits per heavy atom. The molecule has 0 aliphatic heterocycles. The van der Waals surface area contributed by atoms with Crippen LogP contribution in [0.2, 0.25) is 0 Å². The van der Waals surface area contributed by atoms with Gasteiger partial charge in [-0.25, -0.2) is 9.18 Å². The molecular formula is C18H19FN2O2. The molecule has 2 aromatic carbocycles. The van der Waals surface area contributed by atoms with Crippen molar-refractivity contribution < 1.29 is 13.9 Å². The molecule has 0 heterocycles. The predicted molar refractivity (Wildman–Crippen MR) is 86.6 cm³/mol. The van der Waals surface area contributed by atoms with E-state index in [9.17, 15) is 9.18 Å². The van der Waals surface area contributed by atoms with Gasteiger partial charge in [0.15, 0.2) is 0 Å². The third kappa shape index (κ3) is 4.45. The van der Waals surface area contributed by atoms with E-state index in [1.165, 1.54) is 12.1 Å². The molecule has 2 N–H and O–H groups in total. The minimum absolute atomic E-state index is 0.122. The number of rotatable bonds is 5. The van der Waals surface area contributed by atoms with Crippen molar-refractivity contribution >= 4 is 11.8 Å². The zero-order chi connectivity index (χ0) is 16.1. The molecule has 120 valence electrons. The van der Waals surface area contributed by atoms with Gasteiger partial charge in [-0.2, -0.15) is 0 Å². The Morgan fingerprint density at radius 3 is 2.43 bits per heavy atom. The van der Waals surface area contributed by atoms with Crippen molar-refractivity contribution in [1.82, 2.24) is 5.32 Å². The highest BCUT2D eigenvalue weighted by atomic mass is 19.1. The molecule has 1 aliphatic rings. The van der Waals surface area contributed by atoms with Crippen molar-refractivity contribution in [2.24, 2.45) is 0 Å². The zero-order valence-electron chi connectivity index (χ0n) is 12.7. The van der Waals surface area contributed by atoms with Crippen LogP contribution in [0.3, 0.4) is 0 Å². The van der Waals surface area contributed by atoms with Crippen LogP contribution >= 0.6 is 0 Å². The van der Waals surface area contributed by atoms with Crippen LogP contribution in [0.15, 0.2) is 54.6 Å². The van der Waals surface area contributed by atoms with Crippen LogP contribution in [0.4, 0.5) is 14.9 Å². The average molecular weight is 314 g/mol. The second kappa shape index (κ2) is 7.13. The number of carbonyl (C=O) groups is 1. The van der Waals surface area contributed by atoms with Crippen LogP contribution in [-0.4, -0.2) is 18.2 Å². The van der Waals surface area contributed by atoms with Gasteiger partial charge in [-0.05, 0) is 42.7 Å². The Hall–Kier alpha value is -2.56. The molecule has 0 spiro atoms. The monoisotopic (exact) mass is 314 g/mol. The molecule has 0 unspecified atom stereocenters. The molecule has 1 fully saturated rings. The first-order chi connectivity index (χ1) is 11.2. The second-order valence-electron chi connectivity index (χ2n) is 5.72. The van der Waals surface area contributed by atoms with Gasteiger partial charge in [0.1, 0.15) is 12.4 Å². The summed E-state index contributed by atoms with van der Waals surface area (Å²) >= 11 is 0. The van der Waals surface area contributed by atoms with Crippen molar-refractivity contribution in [3.63, 3.8) is 0 Å². The van der Waals surface area contributed by atoms with E-state index in [1.807, 2.05) is 30.3 Å². The Balaban J connectivity index is 1.35. The number of hydrogen-bond acceptors (Lipinski definition) is 3. The summed E-state index contributed by atoms with van der Waals surface area (Å²) in [6.45, 7) is 0.274. The van der Waals surface area contributed by atoms with Crippen LogP contribution in [0.25, 0.3) is 0 Å². The minimum atomic E-state index is -0.390. The summed E-state index contributed by atoms with van der Waals surface area (Å²) in [5.74, 6) is -0.245. The fourth-order valence-electron chi connectivity index (χ4n) is 2.57. The zero-order valence-corrected chi connectivity index (χ0v) is 12.7. The number of nitrogens with one attached hydrogen (secondary N) is 2. The Morgan fingerprint density at radius 1 is 1.04 bits per heavy atom. The van der Waals surface area contributed by atoms with Gasteiger partial charge in [0.25, 0.3) is 0 Å². The maximum absolute atomic E-state index is 12.8. The fourth-order valence-corrected chi connectivity index (χ4v) is 2.57. The first kappa shape index (κ1) is 15.3. The molecule has 5 heteroatoms. The van der Waals surface area contributed by atoms with Crippen LogP contribution < -0.4 is 10.6 Å². The Labute approximate surface area is 134 Å². The lowest BCUT2D eigenvalue weighted by molar-refractivity contribution is 0.129. The molecule has 0 atom stereocenters. The molecule has 0 bridgehead atoms. The number of carbonyl (C=O) groups excluding carboxylic acids is 1. The van der Waals surface area contributed by atoms with E-state index in [1.54, 1.807) is 12.1 Å². The van der Waals surface area contributed by atoms with Crippen LogP contribution in [0.5, 0.6) is 0 Å². The van der Waals surface area contributed by atoms with Crippen molar-refractivity contribution in [2.45, 2.75) is 31.5 Å². The normalized spacial score (nSPS) is 19.5. The molecule has 1 aliphatic carbocycles. The van der Waals surface area contributed by atoms with Crippen LogP contribution in [-0.2, 0) is 11.3 Å². The van der Waals surface area contributed by atoms with Crippen molar-refractivity contribution in [1.29, 1.82) is 0 Å². The van der Waals surface area contributed by atoms with Gasteiger partial charge >= 0.3 is 6.09 Å². The highest BCUT2D eigenvalue weighted by molar-refractivity contribution is 5.67. The summed E-state index contributed by atoms with van der Waals surface area (Å²) in [7, 11) is 0. The quantitative estimate of drug-likeness (QED) is 0.885. The molecule has 1 amide bonds. The summed E-state index contributed by atoms with van der Waals surface area (Å²) < 4.78 is 18.0. The summed E-state index contributed by atoms with van der Waals surface area (Å²) in [5.41, 5.74) is 1.86. The standard InChI is InChI=1S/C18H19FN2O2/c19-14-6-8-15(9-7-14)20-16-10-17(11-16)21-18(22)23-12-13-4-2-1-3-5-13/h1-9,16-17,20H,10-12H2,(H,21,22). The highest BCUT2D eigenvalue weighted by Gasteiger charge is 2.30. The van der Waals surface area contributed by atoms with Gasteiger partial charge in [0.2, 0.25) is 0 Å². The Bertz CT molecular complexity index is 640. The molecule has 2 aromatic rings. The lowest BCUT2D eigenvalue weighted by Crippen LogP contribution is -2.49. The average Bonchev–Trinajstić information content (AvgIpc) is 2.54. The number of benzene rings is 2. The summed E-state index contributed by atoms with van der Waals surface area (Å²) in [5, 5.41) is 6.16. The van der Waals surface area contributed by atoms with Gasteiger partial charge < -0.3 is 15.4 Å². The topological polar surface area (TPSA) is 50.4 Å². The van der Waals surface area contributed by atoms with Gasteiger partial charge in [-0.1, -0.05) is 30.3 Å². The van der Waals surface area contributed by atoms with Crippen LogP contribution in [0, 0.1) is 5.82 Å². The van der Waals surface area contributed by atoms with E-state index in [2.05, 4.69) is 10.6 Å². The number of hydrogen-bond donors (Lipinski definition) is 2. The lowest BCUT2D eigenvalue weighted by atomic mass is 9.86. The van der Waals surface area contributed by atoms with E-state index in [-0.39, 0.29) is 24.6 Å². The minimum Gasteiger partial charge on any atom is -0.445 e. The van der Waals surface area contributed by atoms with E-state index >= 15 is 0 Å². The molecule has 4 nitrogen and oxygen atoms in total. The van der Waals surface area contributed by atoms with Gasteiger partial charge in [0.05, 0.1) is 0 Å². The largest absolute Gasteiger partial charge is 0.445 e. The molecule has 23 heavy (non-hydrogen) atoms. The van der Waals surface area contributed by atoms with E-state index in [4.69, 9.17) is 4.74 Å². The molecular weight excluding hydrogens is 295 g/mol. The number of alkyl carbamates (subject to hydrolysis) is 1. The smallest absolute Gasteiger partial charge is 0.407 e. The van der Waals surface area contributed by atoms with E-state index in [0.29, 0.717) is 6.04 Å². The first-order valence-corrected chi connectivity index (χ1v) is 7.68. The molecule has 0 radical (unpaired) electrons. The third-order valence-corrected chi connectivity index (χ3v) is 3.89. The Kier molecular flexibility index (Phi) is 4.76. The highest BCUT2D eigenvalue weighted by Crippen LogP contribution is 2.24. The maximum Gasteiger partial charge on any atom is 0.407 e. The second-order valence-corrected chi connectivity index (χ2v) is 5.72. The van der Waals surface area contributed by atoms with Gasteiger partial charge in [-0.3, -0.25) is 0 Å². The number of halogens is 1. The summed E-state index contributed by atoms with van der Waals surface area (Å²) in [6, 6.07) is 16.3. The molecule has 0 aromatic heterocycles. The van der Waals surface area contributed by atoms with Crippen molar-refractivity contribution in [3.8, 4) is 0 Å². The SMILES string of the molecule is O=C(NC1CC(Nc2ccc(F)cc2)C1)OCc1ccccc1. The summed E-state index contributed by atoms with van der Waals surface area (Å²) in [4.78, 5) is 11.7. The van der Waals surface area contributed by atoms with Crippen molar-refractivity contribution in [3.05, 3.63) is 66.0 Å². The van der Waals surface area contributed by atoms with E-state index in [0.717, 1.165) is 24.1 Å². The maximum atomic E-state index is 12.8. The van der Waals surface area contributed by atoms with Crippen molar-refractivity contribution in [2.75, 3.05) is 5.32 Å². The molecule has 0 saturated heterocycles. The molecule has 1 saturated carbocycles. The number of anilines is 1. The fraction of sp³-hybridized carbons (Fsp3) is 0.278. The van der Waals surface area contributed by atoms with Crippen LogP contribution in [0.1, 0.15) is 18.4 Å².